The molecule has 2 amide bonds. The van der Waals surface area contributed by atoms with Gasteiger partial charge in [-0.25, -0.2) is 9.67 Å². The molecule has 1 aromatic heterocycles. The molecule has 11 nitrogen and oxygen atoms in total. The summed E-state index contributed by atoms with van der Waals surface area (Å²) in [4.78, 5) is 46.0. The minimum Gasteiger partial charge on any atom is -0.493 e. The van der Waals surface area contributed by atoms with Gasteiger partial charge in [0.15, 0.2) is 5.78 Å². The van der Waals surface area contributed by atoms with Gasteiger partial charge in [0.05, 0.1) is 37.1 Å². The van der Waals surface area contributed by atoms with Crippen molar-refractivity contribution in [2.24, 2.45) is 11.3 Å². The maximum absolute atomic E-state index is 13.6. The summed E-state index contributed by atoms with van der Waals surface area (Å²) in [5.74, 6) is -0.695. The van der Waals surface area contributed by atoms with Gasteiger partial charge in [0, 0.05) is 30.6 Å². The molecule has 1 atom stereocenters. The molecule has 1 fully saturated rings. The quantitative estimate of drug-likeness (QED) is 0.212. The summed E-state index contributed by atoms with van der Waals surface area (Å²) in [5.41, 5.74) is 2.19. The van der Waals surface area contributed by atoms with Crippen LogP contribution in [0, 0.1) is 25.2 Å². The van der Waals surface area contributed by atoms with Gasteiger partial charge in [-0.3, -0.25) is 14.4 Å². The minimum atomic E-state index is -1.05. The highest BCUT2D eigenvalue weighted by atomic mass is 35.5. The largest absolute Gasteiger partial charge is 0.493 e. The normalized spacial score (nSPS) is 14.2. The Morgan fingerprint density at radius 2 is 1.82 bits per heavy atom. The van der Waals surface area contributed by atoms with E-state index in [9.17, 15) is 14.4 Å². The van der Waals surface area contributed by atoms with Crippen molar-refractivity contribution in [1.29, 1.82) is 0 Å². The fraction of sp³-hybridized carbons (Fsp3) is 0.469. The number of carbonyl (C=O) groups excluding carboxylic acids is 3. The molecule has 44 heavy (non-hydrogen) atoms. The molecule has 4 rings (SSSR count). The third kappa shape index (κ3) is 9.03. The first-order valence-corrected chi connectivity index (χ1v) is 15.2. The number of aromatic nitrogens is 3. The van der Waals surface area contributed by atoms with Crippen LogP contribution in [-0.2, 0) is 25.7 Å². The van der Waals surface area contributed by atoms with E-state index in [1.54, 1.807) is 39.0 Å². The van der Waals surface area contributed by atoms with Gasteiger partial charge in [-0.15, -0.1) is 5.10 Å². The molecule has 1 saturated heterocycles. The molecule has 0 spiro atoms. The summed E-state index contributed by atoms with van der Waals surface area (Å²) in [6.07, 6.45) is 2.31. The third-order valence-corrected chi connectivity index (χ3v) is 7.53. The zero-order valence-corrected chi connectivity index (χ0v) is 26.7. The molecular formula is C32H41ClN6O5. The summed E-state index contributed by atoms with van der Waals surface area (Å²) >= 11 is 6.41. The molecule has 2 aromatic carbocycles. The number of morpholine rings is 1. The number of hydrogen-bond acceptors (Lipinski definition) is 8. The molecule has 12 heteroatoms. The number of nitrogens with one attached hydrogen (secondary N) is 2. The number of nitrogens with zero attached hydrogens (tertiary/aromatic N) is 4. The number of hydrogen-bond donors (Lipinski definition) is 2. The fourth-order valence-corrected chi connectivity index (χ4v) is 4.96. The number of Topliss-reactive ketones (excluding diaryl/α,β-unsaturated/α-hetero) is 1. The second-order valence-electron chi connectivity index (χ2n) is 12.0. The lowest BCUT2D eigenvalue weighted by Gasteiger charge is -2.25. The Kier molecular flexibility index (Phi) is 11.0. The number of ketones is 1. The van der Waals surface area contributed by atoms with Gasteiger partial charge >= 0.3 is 0 Å². The Labute approximate surface area is 263 Å². The Balaban J connectivity index is 1.37. The van der Waals surface area contributed by atoms with E-state index in [2.05, 4.69) is 26.8 Å². The standard InChI is InChI=1S/C32H41ClN6O5/c1-21-8-11-27(22(2)17-21)44-14-6-7-28(40)35-23-9-10-25(33)26(18-23)36-30(42)24(29(41)32(3,4)5)19-39-20-34-31(37-39)38-12-15-43-16-13-38/h8-11,17-18,20,24H,6-7,12-16,19H2,1-5H3,(H,35,40)(H,36,42). The number of benzene rings is 2. The van der Waals surface area contributed by atoms with Gasteiger partial charge < -0.3 is 25.0 Å². The molecule has 2 N–H and O–H groups in total. The zero-order valence-electron chi connectivity index (χ0n) is 26.0. The number of halogens is 1. The molecule has 3 aromatic rings. The van der Waals surface area contributed by atoms with E-state index in [0.717, 1.165) is 16.9 Å². The summed E-state index contributed by atoms with van der Waals surface area (Å²) in [6, 6.07) is 10.8. The molecule has 236 valence electrons. The van der Waals surface area contributed by atoms with Crippen molar-refractivity contribution in [3.8, 4) is 5.75 Å². The number of anilines is 3. The topological polar surface area (TPSA) is 128 Å². The average Bonchev–Trinajstić information content (AvgIpc) is 3.45. The first-order chi connectivity index (χ1) is 20.9. The lowest BCUT2D eigenvalue weighted by atomic mass is 9.82. The van der Waals surface area contributed by atoms with Gasteiger partial charge in [-0.2, -0.15) is 0 Å². The molecule has 2 heterocycles. The second-order valence-corrected chi connectivity index (χ2v) is 12.4. The number of ether oxygens (including phenoxy) is 2. The van der Waals surface area contributed by atoms with Gasteiger partial charge in [0.1, 0.15) is 18.0 Å². The van der Waals surface area contributed by atoms with Gasteiger partial charge in [-0.1, -0.05) is 50.1 Å². The predicted octanol–water partition coefficient (Wildman–Crippen LogP) is 5.05. The SMILES string of the molecule is Cc1ccc(OCCCC(=O)Nc2ccc(Cl)c(NC(=O)C(Cn3cnc(N4CCOCC4)n3)C(=O)C(C)(C)C)c2)c(C)c1. The molecule has 1 aliphatic rings. The van der Waals surface area contributed by atoms with Gasteiger partial charge in [0.2, 0.25) is 17.8 Å². The van der Waals surface area contributed by atoms with Crippen molar-refractivity contribution in [3.05, 3.63) is 58.9 Å². The monoisotopic (exact) mass is 624 g/mol. The maximum Gasteiger partial charge on any atom is 0.244 e. The highest BCUT2D eigenvalue weighted by Crippen LogP contribution is 2.28. The van der Waals surface area contributed by atoms with Crippen molar-refractivity contribution < 1.29 is 23.9 Å². The molecule has 1 aliphatic heterocycles. The average molecular weight is 625 g/mol. The lowest BCUT2D eigenvalue weighted by Crippen LogP contribution is -2.39. The second kappa shape index (κ2) is 14.7. The van der Waals surface area contributed by atoms with E-state index in [1.165, 1.54) is 11.0 Å². The van der Waals surface area contributed by atoms with E-state index in [1.807, 2.05) is 30.9 Å². The first kappa shape index (κ1) is 32.9. The van der Waals surface area contributed by atoms with Crippen molar-refractivity contribution in [2.75, 3.05) is 48.4 Å². The smallest absolute Gasteiger partial charge is 0.244 e. The Morgan fingerprint density at radius 1 is 1.07 bits per heavy atom. The zero-order chi connectivity index (χ0) is 31.9. The van der Waals surface area contributed by atoms with Gasteiger partial charge in [-0.05, 0) is 50.1 Å². The van der Waals surface area contributed by atoms with E-state index >= 15 is 0 Å². The van der Waals surface area contributed by atoms with Crippen LogP contribution in [0.25, 0.3) is 0 Å². The van der Waals surface area contributed by atoms with E-state index in [0.29, 0.717) is 51.0 Å². The van der Waals surface area contributed by atoms with Crippen molar-refractivity contribution >= 4 is 46.5 Å². The molecular weight excluding hydrogens is 584 g/mol. The van der Waals surface area contributed by atoms with Crippen LogP contribution < -0.4 is 20.3 Å². The minimum absolute atomic E-state index is 0.0114. The van der Waals surface area contributed by atoms with Crippen molar-refractivity contribution in [1.82, 2.24) is 14.8 Å². The van der Waals surface area contributed by atoms with Gasteiger partial charge in [0.25, 0.3) is 0 Å². The van der Waals surface area contributed by atoms with Crippen molar-refractivity contribution in [3.63, 3.8) is 0 Å². The van der Waals surface area contributed by atoms with Crippen LogP contribution >= 0.6 is 11.6 Å². The predicted molar refractivity (Wildman–Crippen MR) is 170 cm³/mol. The van der Waals surface area contributed by atoms with Crippen LogP contribution in [0.1, 0.15) is 44.7 Å². The van der Waals surface area contributed by atoms with E-state index in [-0.39, 0.29) is 35.4 Å². The van der Waals surface area contributed by atoms with E-state index in [4.69, 9.17) is 21.1 Å². The van der Waals surface area contributed by atoms with Crippen LogP contribution in [0.5, 0.6) is 5.75 Å². The Hall–Kier alpha value is -3.96. The number of aryl methyl sites for hydroxylation is 2. The van der Waals surface area contributed by atoms with Crippen LogP contribution in [0.15, 0.2) is 42.7 Å². The van der Waals surface area contributed by atoms with Crippen molar-refractivity contribution in [2.45, 2.75) is 54.0 Å². The molecule has 0 saturated carbocycles. The summed E-state index contributed by atoms with van der Waals surface area (Å²) in [5, 5.41) is 10.4. The van der Waals surface area contributed by atoms with Crippen LogP contribution in [0.4, 0.5) is 17.3 Å². The first-order valence-electron chi connectivity index (χ1n) is 14.8. The molecule has 0 bridgehead atoms. The Bertz CT molecular complexity index is 1480. The number of amides is 2. The van der Waals surface area contributed by atoms with E-state index < -0.39 is 17.2 Å². The van der Waals surface area contributed by atoms with Crippen LogP contribution in [-0.4, -0.2) is 65.3 Å². The third-order valence-electron chi connectivity index (χ3n) is 7.20. The summed E-state index contributed by atoms with van der Waals surface area (Å²) < 4.78 is 12.7. The fourth-order valence-electron chi connectivity index (χ4n) is 4.79. The summed E-state index contributed by atoms with van der Waals surface area (Å²) in [7, 11) is 0. The molecule has 1 unspecified atom stereocenters. The molecule has 0 radical (unpaired) electrons. The van der Waals surface area contributed by atoms with Crippen LogP contribution in [0.3, 0.4) is 0 Å². The Morgan fingerprint density at radius 3 is 2.52 bits per heavy atom. The highest BCUT2D eigenvalue weighted by molar-refractivity contribution is 6.34. The number of carbonyl (C=O) groups is 3. The number of rotatable bonds is 12. The lowest BCUT2D eigenvalue weighted by molar-refractivity contribution is -0.137. The maximum atomic E-state index is 13.6. The van der Waals surface area contributed by atoms with Crippen LogP contribution in [0.2, 0.25) is 5.02 Å². The summed E-state index contributed by atoms with van der Waals surface area (Å²) in [6.45, 7) is 12.3. The highest BCUT2D eigenvalue weighted by Gasteiger charge is 2.35. The molecule has 0 aliphatic carbocycles.